The summed E-state index contributed by atoms with van der Waals surface area (Å²) in [4.78, 5) is 4.18. The summed E-state index contributed by atoms with van der Waals surface area (Å²) in [5.41, 5.74) is 0.871. The highest BCUT2D eigenvalue weighted by Crippen LogP contribution is 2.33. The van der Waals surface area contributed by atoms with Gasteiger partial charge in [-0.05, 0) is 54.8 Å². The minimum absolute atomic E-state index is 0.281. The lowest BCUT2D eigenvalue weighted by Crippen LogP contribution is -2.47. The predicted molar refractivity (Wildman–Crippen MR) is 121 cm³/mol. The topological polar surface area (TPSA) is 82.7 Å². The molecule has 0 amide bonds. The van der Waals surface area contributed by atoms with Gasteiger partial charge in [0, 0.05) is 25.5 Å². The van der Waals surface area contributed by atoms with Crippen molar-refractivity contribution in [2.45, 2.75) is 66.1 Å². The van der Waals surface area contributed by atoms with Gasteiger partial charge in [0.25, 0.3) is 0 Å². The number of tetrazole rings is 1. The van der Waals surface area contributed by atoms with Gasteiger partial charge in [0.2, 0.25) is 0 Å². The maximum Gasteiger partial charge on any atom is 0.171 e. The molecule has 1 atom stereocenters. The summed E-state index contributed by atoms with van der Waals surface area (Å²) in [6, 6.07) is 5.31. The highest BCUT2D eigenvalue weighted by molar-refractivity contribution is 5.37. The van der Waals surface area contributed by atoms with Crippen molar-refractivity contribution in [3.05, 3.63) is 53.6 Å². The van der Waals surface area contributed by atoms with Crippen LogP contribution in [-0.4, -0.2) is 43.0 Å². The average molecular weight is 444 g/mol. The van der Waals surface area contributed by atoms with Gasteiger partial charge in [0.15, 0.2) is 5.82 Å². The van der Waals surface area contributed by atoms with E-state index in [1.807, 2.05) is 24.6 Å². The van der Waals surface area contributed by atoms with Crippen molar-refractivity contribution in [2.24, 2.45) is 5.92 Å². The summed E-state index contributed by atoms with van der Waals surface area (Å²) in [6.45, 7) is 12.6. The van der Waals surface area contributed by atoms with Crippen LogP contribution in [0, 0.1) is 18.7 Å². The van der Waals surface area contributed by atoms with Crippen LogP contribution in [0.1, 0.15) is 57.7 Å². The minimum Gasteiger partial charge on any atom is -0.380 e. The zero-order chi connectivity index (χ0) is 23.1. The molecule has 2 heterocycles. The molecule has 0 fully saturated rings. The van der Waals surface area contributed by atoms with Crippen LogP contribution in [0.4, 0.5) is 4.39 Å². The first-order chi connectivity index (χ1) is 15.4. The van der Waals surface area contributed by atoms with E-state index in [4.69, 9.17) is 4.74 Å². The number of aryl methyl sites for hydroxylation is 1. The normalized spacial score (nSPS) is 13.6. The molecular formula is C23H34FN7O. The van der Waals surface area contributed by atoms with Crippen molar-refractivity contribution in [1.29, 1.82) is 0 Å². The standard InChI is InChI=1S/C23H34FN7O/c1-6-19(7-2)23(5,22-27-28-29-31(22)13-14-32-8-3)26-16-18-9-10-21(20(24)15-18)30-12-11-25-17(30)4/h9-12,15,19,26H,6-8,13-14,16H2,1-5H3. The molecule has 174 valence electrons. The van der Waals surface area contributed by atoms with E-state index in [2.05, 4.69) is 46.6 Å². The zero-order valence-corrected chi connectivity index (χ0v) is 19.7. The van der Waals surface area contributed by atoms with Crippen molar-refractivity contribution in [2.75, 3.05) is 13.2 Å². The molecule has 0 radical (unpaired) electrons. The fourth-order valence-corrected chi connectivity index (χ4v) is 4.31. The first kappa shape index (κ1) is 24.0. The second-order valence-electron chi connectivity index (χ2n) is 8.12. The van der Waals surface area contributed by atoms with E-state index in [-0.39, 0.29) is 5.82 Å². The van der Waals surface area contributed by atoms with Gasteiger partial charge in [0.1, 0.15) is 11.6 Å². The third-order valence-electron chi connectivity index (χ3n) is 6.21. The second kappa shape index (κ2) is 10.8. The predicted octanol–water partition coefficient (Wildman–Crippen LogP) is 3.78. The van der Waals surface area contributed by atoms with Crippen LogP contribution < -0.4 is 5.32 Å². The Hall–Kier alpha value is -2.65. The number of halogens is 1. The Labute approximate surface area is 189 Å². The third-order valence-corrected chi connectivity index (χ3v) is 6.21. The monoisotopic (exact) mass is 443 g/mol. The first-order valence-corrected chi connectivity index (χ1v) is 11.3. The van der Waals surface area contributed by atoms with Gasteiger partial charge in [-0.25, -0.2) is 14.1 Å². The Morgan fingerprint density at radius 2 is 2.00 bits per heavy atom. The number of nitrogens with one attached hydrogen (secondary N) is 1. The van der Waals surface area contributed by atoms with E-state index < -0.39 is 5.54 Å². The molecule has 1 aromatic carbocycles. The Balaban J connectivity index is 1.83. The number of imidazole rings is 1. The fourth-order valence-electron chi connectivity index (χ4n) is 4.31. The van der Waals surface area contributed by atoms with E-state index in [1.165, 1.54) is 0 Å². The Morgan fingerprint density at radius 3 is 2.62 bits per heavy atom. The lowest BCUT2D eigenvalue weighted by Gasteiger charge is -2.37. The van der Waals surface area contributed by atoms with Crippen LogP contribution in [0.15, 0.2) is 30.6 Å². The smallest absolute Gasteiger partial charge is 0.171 e. The number of ether oxygens (including phenoxy) is 1. The van der Waals surface area contributed by atoms with Gasteiger partial charge in [0.05, 0.1) is 24.4 Å². The molecule has 2 aromatic heterocycles. The molecule has 0 aliphatic carbocycles. The van der Waals surface area contributed by atoms with Gasteiger partial charge in [-0.2, -0.15) is 0 Å². The van der Waals surface area contributed by atoms with Crippen molar-refractivity contribution < 1.29 is 9.13 Å². The summed E-state index contributed by atoms with van der Waals surface area (Å²) >= 11 is 0. The molecule has 0 bridgehead atoms. The third kappa shape index (κ3) is 5.05. The van der Waals surface area contributed by atoms with Gasteiger partial charge in [-0.15, -0.1) is 5.10 Å². The molecule has 0 saturated carbocycles. The van der Waals surface area contributed by atoms with Crippen LogP contribution in [0.25, 0.3) is 5.69 Å². The number of hydrogen-bond acceptors (Lipinski definition) is 6. The van der Waals surface area contributed by atoms with Crippen molar-refractivity contribution in [3.8, 4) is 5.69 Å². The molecule has 0 aliphatic rings. The van der Waals surface area contributed by atoms with Gasteiger partial charge < -0.3 is 14.6 Å². The number of benzene rings is 1. The molecule has 9 heteroatoms. The Morgan fingerprint density at radius 1 is 1.22 bits per heavy atom. The molecular weight excluding hydrogens is 409 g/mol. The molecule has 8 nitrogen and oxygen atoms in total. The first-order valence-electron chi connectivity index (χ1n) is 11.3. The number of nitrogens with zero attached hydrogens (tertiary/aromatic N) is 6. The zero-order valence-electron chi connectivity index (χ0n) is 19.7. The lowest BCUT2D eigenvalue weighted by molar-refractivity contribution is 0.129. The van der Waals surface area contributed by atoms with Crippen LogP contribution in [0.5, 0.6) is 0 Å². The van der Waals surface area contributed by atoms with Crippen molar-refractivity contribution in [3.63, 3.8) is 0 Å². The number of hydrogen-bond donors (Lipinski definition) is 1. The molecule has 3 rings (SSSR count). The molecule has 1 N–H and O–H groups in total. The summed E-state index contributed by atoms with van der Waals surface area (Å²) in [7, 11) is 0. The highest BCUT2D eigenvalue weighted by Gasteiger charge is 2.38. The van der Waals surface area contributed by atoms with Crippen LogP contribution in [0.3, 0.4) is 0 Å². The Bertz CT molecular complexity index is 998. The van der Waals surface area contributed by atoms with E-state index >= 15 is 0 Å². The van der Waals surface area contributed by atoms with Gasteiger partial charge in [-0.3, -0.25) is 0 Å². The van der Waals surface area contributed by atoms with Crippen molar-refractivity contribution >= 4 is 0 Å². The fraction of sp³-hybridized carbons (Fsp3) is 0.565. The van der Waals surface area contributed by atoms with E-state index in [1.54, 1.807) is 29.1 Å². The summed E-state index contributed by atoms with van der Waals surface area (Å²) in [5.74, 6) is 1.54. The maximum atomic E-state index is 14.9. The number of aromatic nitrogens is 6. The highest BCUT2D eigenvalue weighted by atomic mass is 19.1. The van der Waals surface area contributed by atoms with Gasteiger partial charge in [-0.1, -0.05) is 32.8 Å². The second-order valence-corrected chi connectivity index (χ2v) is 8.12. The van der Waals surface area contributed by atoms with Crippen LogP contribution >= 0.6 is 0 Å². The van der Waals surface area contributed by atoms with Gasteiger partial charge >= 0.3 is 0 Å². The number of rotatable bonds is 12. The summed E-state index contributed by atoms with van der Waals surface area (Å²) in [6.07, 6.45) is 5.36. The largest absolute Gasteiger partial charge is 0.380 e. The molecule has 0 aliphatic heterocycles. The van der Waals surface area contributed by atoms with E-state index in [9.17, 15) is 4.39 Å². The SMILES string of the molecule is CCOCCn1nnnc1C(C)(NCc1ccc(-n2ccnc2C)c(F)c1)C(CC)CC. The Kier molecular flexibility index (Phi) is 8.09. The molecule has 0 saturated heterocycles. The molecule has 0 spiro atoms. The van der Waals surface area contributed by atoms with E-state index in [0.29, 0.717) is 37.9 Å². The van der Waals surface area contributed by atoms with E-state index in [0.717, 1.165) is 30.1 Å². The summed E-state index contributed by atoms with van der Waals surface area (Å²) in [5, 5.41) is 16.1. The van der Waals surface area contributed by atoms with Crippen LogP contribution in [0.2, 0.25) is 0 Å². The quantitative estimate of drug-likeness (QED) is 0.429. The molecule has 32 heavy (non-hydrogen) atoms. The minimum atomic E-state index is -0.477. The average Bonchev–Trinajstić information content (AvgIpc) is 3.43. The lowest BCUT2D eigenvalue weighted by atomic mass is 9.80. The van der Waals surface area contributed by atoms with Crippen molar-refractivity contribution in [1.82, 2.24) is 35.1 Å². The molecule has 1 unspecified atom stereocenters. The van der Waals surface area contributed by atoms with Crippen LogP contribution in [-0.2, 0) is 23.4 Å². The molecule has 3 aromatic rings. The maximum absolute atomic E-state index is 14.9. The summed E-state index contributed by atoms with van der Waals surface area (Å²) < 4.78 is 23.9.